The largest absolute Gasteiger partial charge is 0.351 e. The minimum absolute atomic E-state index is 0.222. The van der Waals surface area contributed by atoms with Crippen LogP contribution < -0.4 is 5.32 Å². The Balaban J connectivity index is 2.35. The molecule has 0 aromatic carbocycles. The van der Waals surface area contributed by atoms with Crippen LogP contribution in [-0.4, -0.2) is 42.0 Å². The Kier molecular flexibility index (Phi) is 5.71. The van der Waals surface area contributed by atoms with Crippen molar-refractivity contribution in [1.29, 1.82) is 0 Å². The van der Waals surface area contributed by atoms with Crippen LogP contribution in [0.2, 0.25) is 0 Å². The number of pyridine rings is 1. The van der Waals surface area contributed by atoms with Gasteiger partial charge in [-0.2, -0.15) is 4.39 Å². The van der Waals surface area contributed by atoms with E-state index in [9.17, 15) is 9.18 Å². The van der Waals surface area contributed by atoms with E-state index in [4.69, 9.17) is 0 Å². The standard InChI is InChI=1S/C13H20FN3O/c1-4-10(2)17(3)8-7-15-13(18)11-5-6-12(14)16-9-11/h5-6,9-10H,4,7-8H2,1-3H3,(H,15,18). The number of nitrogens with zero attached hydrogens (tertiary/aromatic N) is 2. The number of hydrogen-bond donors (Lipinski definition) is 1. The number of halogens is 1. The van der Waals surface area contributed by atoms with Crippen LogP contribution >= 0.6 is 0 Å². The molecule has 0 spiro atoms. The summed E-state index contributed by atoms with van der Waals surface area (Å²) in [4.78, 5) is 17.3. The lowest BCUT2D eigenvalue weighted by molar-refractivity contribution is 0.0947. The quantitative estimate of drug-likeness (QED) is 0.785. The normalized spacial score (nSPS) is 12.5. The van der Waals surface area contributed by atoms with Crippen molar-refractivity contribution in [2.24, 2.45) is 0 Å². The molecule has 0 saturated carbocycles. The summed E-state index contributed by atoms with van der Waals surface area (Å²) < 4.78 is 12.6. The molecule has 1 heterocycles. The van der Waals surface area contributed by atoms with E-state index >= 15 is 0 Å². The number of rotatable bonds is 6. The van der Waals surface area contributed by atoms with E-state index in [1.54, 1.807) is 0 Å². The minimum Gasteiger partial charge on any atom is -0.351 e. The Morgan fingerprint density at radius 2 is 2.28 bits per heavy atom. The predicted molar refractivity (Wildman–Crippen MR) is 68.9 cm³/mol. The summed E-state index contributed by atoms with van der Waals surface area (Å²) in [5.41, 5.74) is 0.377. The molecule has 1 unspecified atom stereocenters. The second-order valence-corrected chi connectivity index (χ2v) is 4.36. The maximum atomic E-state index is 12.6. The van der Waals surface area contributed by atoms with Crippen LogP contribution in [0.5, 0.6) is 0 Å². The summed E-state index contributed by atoms with van der Waals surface area (Å²) >= 11 is 0. The van der Waals surface area contributed by atoms with Crippen LogP contribution in [0.1, 0.15) is 30.6 Å². The molecule has 4 nitrogen and oxygen atoms in total. The lowest BCUT2D eigenvalue weighted by atomic mass is 10.2. The number of carbonyl (C=O) groups excluding carboxylic acids is 1. The third kappa shape index (κ3) is 4.41. The van der Waals surface area contributed by atoms with Crippen molar-refractivity contribution < 1.29 is 9.18 Å². The first-order valence-corrected chi connectivity index (χ1v) is 6.14. The van der Waals surface area contributed by atoms with Crippen LogP contribution in [0.25, 0.3) is 0 Å². The van der Waals surface area contributed by atoms with Crippen LogP contribution in [-0.2, 0) is 0 Å². The van der Waals surface area contributed by atoms with Gasteiger partial charge in [0.25, 0.3) is 5.91 Å². The molecule has 1 aromatic rings. The number of amides is 1. The molecule has 1 rings (SSSR count). The lowest BCUT2D eigenvalue weighted by Crippen LogP contribution is -2.37. The molecular weight excluding hydrogens is 233 g/mol. The first-order chi connectivity index (χ1) is 8.54. The van der Waals surface area contributed by atoms with Gasteiger partial charge in [-0.3, -0.25) is 4.79 Å². The topological polar surface area (TPSA) is 45.2 Å². The van der Waals surface area contributed by atoms with E-state index in [2.05, 4.69) is 29.0 Å². The SMILES string of the molecule is CCC(C)N(C)CCNC(=O)c1ccc(F)nc1. The van der Waals surface area contributed by atoms with Gasteiger partial charge in [0.15, 0.2) is 0 Å². The third-order valence-electron chi connectivity index (χ3n) is 3.08. The Morgan fingerprint density at radius 1 is 1.56 bits per heavy atom. The summed E-state index contributed by atoms with van der Waals surface area (Å²) in [6.45, 7) is 5.63. The molecule has 18 heavy (non-hydrogen) atoms. The highest BCUT2D eigenvalue weighted by Crippen LogP contribution is 2.00. The van der Waals surface area contributed by atoms with E-state index < -0.39 is 5.95 Å². The zero-order valence-electron chi connectivity index (χ0n) is 11.1. The van der Waals surface area contributed by atoms with E-state index in [1.165, 1.54) is 18.3 Å². The van der Waals surface area contributed by atoms with Crippen molar-refractivity contribution in [3.63, 3.8) is 0 Å². The number of nitrogens with one attached hydrogen (secondary N) is 1. The summed E-state index contributed by atoms with van der Waals surface area (Å²) in [5.74, 6) is -0.803. The van der Waals surface area contributed by atoms with Crippen molar-refractivity contribution in [3.8, 4) is 0 Å². The van der Waals surface area contributed by atoms with Gasteiger partial charge in [-0.1, -0.05) is 6.92 Å². The van der Waals surface area contributed by atoms with Crippen LogP contribution in [0.15, 0.2) is 18.3 Å². The maximum absolute atomic E-state index is 12.6. The molecule has 0 saturated heterocycles. The molecule has 0 radical (unpaired) electrons. The average Bonchev–Trinajstić information content (AvgIpc) is 2.38. The molecular formula is C13H20FN3O. The molecule has 100 valence electrons. The van der Waals surface area contributed by atoms with Crippen molar-refractivity contribution in [1.82, 2.24) is 15.2 Å². The zero-order valence-corrected chi connectivity index (χ0v) is 11.1. The van der Waals surface area contributed by atoms with E-state index in [0.29, 0.717) is 18.2 Å². The zero-order chi connectivity index (χ0) is 13.5. The van der Waals surface area contributed by atoms with Crippen molar-refractivity contribution in [2.45, 2.75) is 26.3 Å². The highest BCUT2D eigenvalue weighted by molar-refractivity contribution is 5.93. The number of aromatic nitrogens is 1. The van der Waals surface area contributed by atoms with Crippen molar-refractivity contribution in [2.75, 3.05) is 20.1 Å². The highest BCUT2D eigenvalue weighted by atomic mass is 19.1. The average molecular weight is 253 g/mol. The molecule has 1 aromatic heterocycles. The third-order valence-corrected chi connectivity index (χ3v) is 3.08. The van der Waals surface area contributed by atoms with E-state index in [1.807, 2.05) is 7.05 Å². The first kappa shape index (κ1) is 14.6. The molecule has 0 aliphatic carbocycles. The smallest absolute Gasteiger partial charge is 0.252 e. The van der Waals surface area contributed by atoms with Crippen molar-refractivity contribution in [3.05, 3.63) is 29.8 Å². The minimum atomic E-state index is -0.581. The van der Waals surface area contributed by atoms with Gasteiger partial charge in [0, 0.05) is 25.3 Å². The first-order valence-electron chi connectivity index (χ1n) is 6.14. The second-order valence-electron chi connectivity index (χ2n) is 4.36. The van der Waals surface area contributed by atoms with Crippen molar-refractivity contribution >= 4 is 5.91 Å². The fourth-order valence-corrected chi connectivity index (χ4v) is 1.49. The molecule has 1 N–H and O–H groups in total. The molecule has 0 aliphatic rings. The monoisotopic (exact) mass is 253 g/mol. The van der Waals surface area contributed by atoms with Crippen LogP contribution in [0.3, 0.4) is 0 Å². The Hall–Kier alpha value is -1.49. The summed E-state index contributed by atoms with van der Waals surface area (Å²) in [6.07, 6.45) is 2.31. The molecule has 0 fully saturated rings. The van der Waals surface area contributed by atoms with Gasteiger partial charge < -0.3 is 10.2 Å². The summed E-state index contributed by atoms with van der Waals surface area (Å²) in [5, 5.41) is 2.79. The van der Waals surface area contributed by atoms with Gasteiger partial charge in [0.1, 0.15) is 0 Å². The van der Waals surface area contributed by atoms with Gasteiger partial charge in [-0.15, -0.1) is 0 Å². The molecule has 1 amide bonds. The molecule has 0 aliphatic heterocycles. The van der Waals surface area contributed by atoms with Crippen LogP contribution in [0.4, 0.5) is 4.39 Å². The van der Waals surface area contributed by atoms with Gasteiger partial charge >= 0.3 is 0 Å². The van der Waals surface area contributed by atoms with Gasteiger partial charge in [0.05, 0.1) is 5.56 Å². The number of likely N-dealkylation sites (N-methyl/N-ethyl adjacent to an activating group) is 1. The second kappa shape index (κ2) is 7.06. The number of hydrogen-bond acceptors (Lipinski definition) is 3. The molecule has 1 atom stereocenters. The van der Waals surface area contributed by atoms with Gasteiger partial charge in [-0.25, -0.2) is 4.98 Å². The highest BCUT2D eigenvalue weighted by Gasteiger charge is 2.08. The van der Waals surface area contributed by atoms with Gasteiger partial charge in [0.2, 0.25) is 5.95 Å². The maximum Gasteiger partial charge on any atom is 0.252 e. The Morgan fingerprint density at radius 3 is 2.83 bits per heavy atom. The van der Waals surface area contributed by atoms with Crippen LogP contribution in [0, 0.1) is 5.95 Å². The van der Waals surface area contributed by atoms with E-state index in [0.717, 1.165) is 13.0 Å². The lowest BCUT2D eigenvalue weighted by Gasteiger charge is -2.23. The fourth-order valence-electron chi connectivity index (χ4n) is 1.49. The Labute approximate surface area is 107 Å². The summed E-state index contributed by atoms with van der Waals surface area (Å²) in [6, 6.07) is 3.10. The Bertz CT molecular complexity index is 380. The molecule has 5 heteroatoms. The van der Waals surface area contributed by atoms with Gasteiger partial charge in [-0.05, 0) is 32.5 Å². The predicted octanol–water partition coefficient (Wildman–Crippen LogP) is 1.68. The fraction of sp³-hybridized carbons (Fsp3) is 0.538. The summed E-state index contributed by atoms with van der Waals surface area (Å²) in [7, 11) is 2.03. The number of carbonyl (C=O) groups is 1. The van der Waals surface area contributed by atoms with E-state index in [-0.39, 0.29) is 5.91 Å². The molecule has 0 bridgehead atoms.